The second kappa shape index (κ2) is 8.07. The van der Waals surface area contributed by atoms with E-state index in [2.05, 4.69) is 10.3 Å². The Morgan fingerprint density at radius 2 is 2.04 bits per heavy atom. The van der Waals surface area contributed by atoms with Gasteiger partial charge < -0.3 is 15.4 Å². The topological polar surface area (TPSA) is 82.2 Å². The van der Waals surface area contributed by atoms with Gasteiger partial charge in [-0.15, -0.1) is 0 Å². The highest BCUT2D eigenvalue weighted by Crippen LogP contribution is 2.21. The molecule has 3 N–H and O–H groups in total. The summed E-state index contributed by atoms with van der Waals surface area (Å²) in [5, 5.41) is 11.9. The van der Waals surface area contributed by atoms with Crippen LogP contribution in [0.1, 0.15) is 63.5 Å². The van der Waals surface area contributed by atoms with E-state index in [9.17, 15) is 14.0 Å². The number of hydrogen-bond donors (Lipinski definition) is 3. The zero-order valence-electron chi connectivity index (χ0n) is 14.7. The third-order valence-electron chi connectivity index (χ3n) is 4.10. The van der Waals surface area contributed by atoms with Gasteiger partial charge in [0.25, 0.3) is 5.91 Å². The number of H-pyrrole nitrogens is 1. The van der Waals surface area contributed by atoms with Crippen LogP contribution in [0.4, 0.5) is 4.39 Å². The molecule has 25 heavy (non-hydrogen) atoms. The highest BCUT2D eigenvalue weighted by atomic mass is 19.1. The van der Waals surface area contributed by atoms with Crippen molar-refractivity contribution in [1.29, 1.82) is 0 Å². The first kappa shape index (κ1) is 18.9. The summed E-state index contributed by atoms with van der Waals surface area (Å²) in [5.74, 6) is -0.856. The lowest BCUT2D eigenvalue weighted by molar-refractivity contribution is 0.0945. The highest BCUT2D eigenvalue weighted by Gasteiger charge is 2.22. The molecule has 0 aliphatic heterocycles. The Balaban J connectivity index is 2.21. The molecule has 1 aromatic heterocycles. The number of aliphatic hydroxyl groups is 1. The molecule has 0 radical (unpaired) electrons. The smallest absolute Gasteiger partial charge is 0.268 e. The second-order valence-electron chi connectivity index (χ2n) is 6.05. The zero-order valence-corrected chi connectivity index (χ0v) is 14.7. The number of nitrogens with one attached hydrogen (secondary N) is 2. The molecule has 0 fully saturated rings. The van der Waals surface area contributed by atoms with Gasteiger partial charge in [-0.1, -0.05) is 19.4 Å². The van der Waals surface area contributed by atoms with Gasteiger partial charge in [-0.2, -0.15) is 0 Å². The van der Waals surface area contributed by atoms with Crippen LogP contribution in [-0.2, 0) is 19.6 Å². The van der Waals surface area contributed by atoms with Gasteiger partial charge in [-0.25, -0.2) is 4.39 Å². The number of aryl methyl sites for hydroxylation is 1. The van der Waals surface area contributed by atoms with Gasteiger partial charge in [0.2, 0.25) is 0 Å². The third-order valence-corrected chi connectivity index (χ3v) is 4.10. The minimum Gasteiger partial charge on any atom is -0.392 e. The molecule has 2 rings (SSSR count). The number of Topliss-reactive ketones (excluding diaryl/α,β-unsaturated/α-hetero) is 1. The number of hydrogen-bond acceptors (Lipinski definition) is 3. The molecule has 0 atom stereocenters. The van der Waals surface area contributed by atoms with Crippen LogP contribution < -0.4 is 5.32 Å². The van der Waals surface area contributed by atoms with Crippen molar-refractivity contribution >= 4 is 11.7 Å². The molecule has 6 heteroatoms. The fraction of sp³-hybridized carbons (Fsp3) is 0.368. The lowest BCUT2D eigenvalue weighted by Gasteiger charge is -2.08. The molecule has 134 valence electrons. The molecule has 0 saturated heterocycles. The molecular formula is C19H23FN2O3. The van der Waals surface area contributed by atoms with Crippen molar-refractivity contribution in [3.63, 3.8) is 0 Å². The van der Waals surface area contributed by atoms with Crippen LogP contribution in [0.3, 0.4) is 0 Å². The molecule has 1 heterocycles. The van der Waals surface area contributed by atoms with E-state index in [0.29, 0.717) is 28.9 Å². The Bertz CT molecular complexity index is 796. The standard InChI is InChI=1S/C19H23FN2O3/c1-4-5-15-17(12(3)24)11(2)22-18(15)19(25)21-9-13-6-7-16(20)14(8-13)10-23/h6-8,22-23H,4-5,9-10H2,1-3H3,(H,21,25). The molecule has 0 aliphatic rings. The van der Waals surface area contributed by atoms with E-state index in [1.165, 1.54) is 19.1 Å². The molecule has 0 unspecified atom stereocenters. The summed E-state index contributed by atoms with van der Waals surface area (Å²) in [6, 6.07) is 4.34. The van der Waals surface area contributed by atoms with Crippen molar-refractivity contribution in [3.05, 3.63) is 57.7 Å². The summed E-state index contributed by atoms with van der Waals surface area (Å²) in [7, 11) is 0. The predicted octanol–water partition coefficient (Wildman–Crippen LogP) is 3.04. The monoisotopic (exact) mass is 346 g/mol. The molecule has 5 nitrogen and oxygen atoms in total. The Labute approximate surface area is 146 Å². The fourth-order valence-electron chi connectivity index (χ4n) is 2.98. The number of ketones is 1. The number of carbonyl (C=O) groups is 2. The summed E-state index contributed by atoms with van der Waals surface area (Å²) in [5.41, 5.74) is 3.27. The third kappa shape index (κ3) is 4.14. The van der Waals surface area contributed by atoms with Crippen LogP contribution in [-0.4, -0.2) is 21.8 Å². The van der Waals surface area contributed by atoms with Gasteiger partial charge in [-0.3, -0.25) is 9.59 Å². The van der Waals surface area contributed by atoms with Crippen LogP contribution >= 0.6 is 0 Å². The minimum atomic E-state index is -0.478. The molecule has 0 spiro atoms. The zero-order chi connectivity index (χ0) is 18.6. The maximum absolute atomic E-state index is 13.4. The maximum atomic E-state index is 13.4. The van der Waals surface area contributed by atoms with Crippen molar-refractivity contribution in [1.82, 2.24) is 10.3 Å². The fourth-order valence-corrected chi connectivity index (χ4v) is 2.98. The van der Waals surface area contributed by atoms with Gasteiger partial charge in [0.15, 0.2) is 5.78 Å². The number of rotatable bonds is 7. The summed E-state index contributed by atoms with van der Waals surface area (Å²) >= 11 is 0. The lowest BCUT2D eigenvalue weighted by atomic mass is 10.0. The molecule has 0 bridgehead atoms. The SMILES string of the molecule is CCCc1c(C(=O)NCc2ccc(F)c(CO)c2)[nH]c(C)c1C(C)=O. The first-order chi connectivity index (χ1) is 11.9. The number of aliphatic hydroxyl groups excluding tert-OH is 1. The number of aromatic amines is 1. The van der Waals surface area contributed by atoms with Crippen molar-refractivity contribution < 1.29 is 19.1 Å². The first-order valence-corrected chi connectivity index (χ1v) is 8.27. The van der Waals surface area contributed by atoms with Gasteiger partial charge in [0, 0.05) is 23.4 Å². The van der Waals surface area contributed by atoms with Crippen molar-refractivity contribution in [2.75, 3.05) is 0 Å². The maximum Gasteiger partial charge on any atom is 0.268 e. The van der Waals surface area contributed by atoms with E-state index < -0.39 is 12.4 Å². The summed E-state index contributed by atoms with van der Waals surface area (Å²) < 4.78 is 13.4. The van der Waals surface area contributed by atoms with Gasteiger partial charge in [-0.05, 0) is 43.5 Å². The first-order valence-electron chi connectivity index (χ1n) is 8.27. The van der Waals surface area contributed by atoms with E-state index in [4.69, 9.17) is 5.11 Å². The Morgan fingerprint density at radius 3 is 2.64 bits per heavy atom. The van der Waals surface area contributed by atoms with Crippen LogP contribution in [0.15, 0.2) is 18.2 Å². The Hall–Kier alpha value is -2.47. The number of halogens is 1. The summed E-state index contributed by atoms with van der Waals surface area (Å²) in [6.45, 7) is 5.06. The molecule has 2 aromatic rings. The average molecular weight is 346 g/mol. The van der Waals surface area contributed by atoms with Crippen LogP contribution in [0.25, 0.3) is 0 Å². The van der Waals surface area contributed by atoms with E-state index in [-0.39, 0.29) is 23.8 Å². The van der Waals surface area contributed by atoms with Gasteiger partial charge in [0.05, 0.1) is 6.61 Å². The van der Waals surface area contributed by atoms with E-state index in [1.807, 2.05) is 6.92 Å². The average Bonchev–Trinajstić information content (AvgIpc) is 2.90. The van der Waals surface area contributed by atoms with Crippen LogP contribution in [0.2, 0.25) is 0 Å². The molecular weight excluding hydrogens is 323 g/mol. The summed E-state index contributed by atoms with van der Waals surface area (Å²) in [6.07, 6.45) is 1.45. The highest BCUT2D eigenvalue weighted by molar-refractivity contribution is 6.02. The second-order valence-corrected chi connectivity index (χ2v) is 6.05. The quantitative estimate of drug-likeness (QED) is 0.674. The van der Waals surface area contributed by atoms with E-state index in [0.717, 1.165) is 12.0 Å². The normalized spacial score (nSPS) is 10.8. The van der Waals surface area contributed by atoms with Crippen molar-refractivity contribution in [2.24, 2.45) is 0 Å². The van der Waals surface area contributed by atoms with E-state index in [1.54, 1.807) is 13.0 Å². The molecule has 0 aliphatic carbocycles. The number of carbonyl (C=O) groups excluding carboxylic acids is 2. The van der Waals surface area contributed by atoms with Gasteiger partial charge >= 0.3 is 0 Å². The van der Waals surface area contributed by atoms with Crippen LogP contribution in [0.5, 0.6) is 0 Å². The number of aromatic nitrogens is 1. The Morgan fingerprint density at radius 1 is 1.32 bits per heavy atom. The van der Waals surface area contributed by atoms with Gasteiger partial charge in [0.1, 0.15) is 11.5 Å². The van der Waals surface area contributed by atoms with E-state index >= 15 is 0 Å². The number of benzene rings is 1. The molecule has 1 amide bonds. The predicted molar refractivity (Wildman–Crippen MR) is 93.0 cm³/mol. The van der Waals surface area contributed by atoms with Crippen molar-refractivity contribution in [2.45, 2.75) is 46.8 Å². The van der Waals surface area contributed by atoms with Crippen LogP contribution in [0, 0.1) is 12.7 Å². The lowest BCUT2D eigenvalue weighted by Crippen LogP contribution is -2.24. The molecule has 1 aromatic carbocycles. The largest absolute Gasteiger partial charge is 0.392 e. The molecule has 0 saturated carbocycles. The Kier molecular flexibility index (Phi) is 6.09. The summed E-state index contributed by atoms with van der Waals surface area (Å²) in [4.78, 5) is 27.4. The number of amides is 1. The minimum absolute atomic E-state index is 0.0672. The van der Waals surface area contributed by atoms with Crippen molar-refractivity contribution in [3.8, 4) is 0 Å².